The Bertz CT molecular complexity index is 4870. The van der Waals surface area contributed by atoms with Gasteiger partial charge in [0.05, 0.1) is 26.7 Å². The van der Waals surface area contributed by atoms with Crippen molar-refractivity contribution < 1.29 is 62.8 Å². The van der Waals surface area contributed by atoms with Gasteiger partial charge in [-0.3, -0.25) is 0 Å². The number of nitrogens with one attached hydrogen (secondary N) is 2. The number of ether oxygens (including phenoxy) is 6. The molecule has 0 radical (unpaired) electrons. The number of aliphatic hydroxyl groups is 2. The average molecular weight is 1570 g/mol. The van der Waals surface area contributed by atoms with Crippen LogP contribution >= 0.6 is 0 Å². The first kappa shape index (κ1) is 85.6. The lowest BCUT2D eigenvalue weighted by atomic mass is 10.2. The van der Waals surface area contributed by atoms with Crippen LogP contribution in [0.2, 0.25) is 36.3 Å². The topological polar surface area (TPSA) is 212 Å². The Morgan fingerprint density at radius 2 is 0.456 bits per heavy atom. The van der Waals surface area contributed by atoms with E-state index in [0.717, 1.165) is 68.6 Å². The molecule has 0 heterocycles. The molecule has 12 aromatic rings. The summed E-state index contributed by atoms with van der Waals surface area (Å²) in [5.41, 5.74) is 6.41. The maximum absolute atomic E-state index is 10.7. The fourth-order valence-electron chi connectivity index (χ4n) is 10.8. The molecule has 21 heteroatoms. The summed E-state index contributed by atoms with van der Waals surface area (Å²) in [5.74, 6) is 10.3. The van der Waals surface area contributed by atoms with Gasteiger partial charge in [0, 0.05) is 34.1 Å². The van der Waals surface area contributed by atoms with Crippen LogP contribution in [-0.4, -0.2) is 82.3 Å². The predicted molar refractivity (Wildman–Crippen MR) is 467 cm³/mol. The van der Waals surface area contributed by atoms with Gasteiger partial charge in [-0.25, -0.2) is 0 Å². The highest BCUT2D eigenvalue weighted by Gasteiger charge is 2.40. The van der Waals surface area contributed by atoms with Crippen LogP contribution in [0.1, 0.15) is 62.0 Å². The molecule has 114 heavy (non-hydrogen) atoms. The van der Waals surface area contributed by atoms with Crippen LogP contribution in [0.25, 0.3) is 0 Å². The Kier molecular flexibility index (Phi) is 29.4. The first-order valence-electron chi connectivity index (χ1n) is 37.1. The normalized spacial score (nSPS) is 11.2. The van der Waals surface area contributed by atoms with Crippen LogP contribution in [0.4, 0.5) is 34.1 Å². The summed E-state index contributed by atoms with van der Waals surface area (Å²) in [6.07, 6.45) is 0. The Balaban J connectivity index is 0.000000264. The molecule has 0 fully saturated rings. The molecule has 0 spiro atoms. The van der Waals surface area contributed by atoms with E-state index in [4.69, 9.17) is 37.3 Å². The molecule has 0 aliphatic heterocycles. The van der Waals surface area contributed by atoms with Crippen LogP contribution < -0.4 is 67.5 Å². The lowest BCUT2D eigenvalue weighted by Gasteiger charge is -2.36. The smallest absolute Gasteiger partial charge is 0.250 e. The average Bonchev–Trinajstić information content (AvgIpc) is 0.840. The van der Waals surface area contributed by atoms with Gasteiger partial charge in [-0.2, -0.15) is 0 Å². The third-order valence-electron chi connectivity index (χ3n) is 19.4. The van der Waals surface area contributed by atoms with Gasteiger partial charge in [-0.15, -0.1) is 0 Å². The van der Waals surface area contributed by atoms with E-state index < -0.39 is 16.6 Å². The van der Waals surface area contributed by atoms with Crippen molar-refractivity contribution in [1.29, 1.82) is 0 Å². The Hall–Kier alpha value is -12.4. The zero-order chi connectivity index (χ0) is 79.4. The molecule has 0 aliphatic rings. The Morgan fingerprint density at radius 3 is 0.675 bits per heavy atom. The molecule has 0 aliphatic carbocycles. The second-order valence-electron chi connectivity index (χ2n) is 30.0. The van der Waals surface area contributed by atoms with Crippen molar-refractivity contribution in [3.05, 3.63) is 297 Å². The molecule has 0 atom stereocenters. The fourth-order valence-corrected chi connectivity index (χ4v) is 12.9. The quantitative estimate of drug-likeness (QED) is 0.0154. The molecule has 12 rings (SSSR count). The standard InChI is InChI=1S/C52H65N3O6Si2.C39H35N3O7.2CH4/c1-39-12-20-43(21-13-39)57-44-22-14-40(15-23-44)53-36-54(41-16-24-45(25-17-41)58-47-28-32-49(33-29-47)60-62(8,9)51(2,3)4)37-55(38-56)42-18-26-46(27-19-42)59-48-30-34-50(35-31-48)61-63(10,11)52(5,6)7;43-27-42(30-5-17-36(18-6-30)49-39-23-11-33(46)12-24-39)26-41(29-3-15-35(16-4-29)48-38-21-9-32(45)10-22-38)25-40-28-1-13-34(14-2-28)47-37-19-7-31(44)8-20-37;;/h12-35,53,56H,36-38H2,1-11H3;1-24,40,43-46H,25-27H2;2*1H4. The second-order valence-corrected chi connectivity index (χ2v) is 39.4. The van der Waals surface area contributed by atoms with E-state index in [9.17, 15) is 25.5 Å². The second kappa shape index (κ2) is 39.2. The van der Waals surface area contributed by atoms with Crippen molar-refractivity contribution in [1.82, 2.24) is 0 Å². The van der Waals surface area contributed by atoms with E-state index in [2.05, 4.69) is 95.1 Å². The number of aromatic hydroxyl groups is 3. The van der Waals surface area contributed by atoms with Gasteiger partial charge in [-0.05, 0) is 322 Å². The number of hydrogen-bond acceptors (Lipinski definition) is 19. The zero-order valence-electron chi connectivity index (χ0n) is 65.2. The minimum atomic E-state index is -1.95. The fraction of sp³-hybridized carbons (Fsp3) is 0.226. The summed E-state index contributed by atoms with van der Waals surface area (Å²) >= 11 is 0. The van der Waals surface area contributed by atoms with Crippen molar-refractivity contribution >= 4 is 50.8 Å². The summed E-state index contributed by atoms with van der Waals surface area (Å²) in [4.78, 5) is 7.94. The van der Waals surface area contributed by atoms with Gasteiger partial charge in [0.25, 0.3) is 0 Å². The molecular weight excluding hydrogens is 1470 g/mol. The van der Waals surface area contributed by atoms with Gasteiger partial charge in [-0.1, -0.05) is 74.1 Å². The van der Waals surface area contributed by atoms with Crippen LogP contribution in [0.3, 0.4) is 0 Å². The number of nitrogens with zero attached hydrogens (tertiary/aromatic N) is 4. The SMILES string of the molecule is C.C.Cc1ccc(Oc2ccc(NCN(CN(CO)c3ccc(Oc4ccc(O[Si](C)(C)C(C)(C)C)cc4)cc3)c3ccc(Oc4ccc(O[Si](C)(C)C(C)(C)C)cc4)cc3)cc2)cc1.OCN(CN(CNc1ccc(Oc2ccc(O)cc2)cc1)c1ccc(Oc2ccc(O)cc2)cc1)c1ccc(Oc2ccc(O)cc2)cc1. The number of phenolic OH excluding ortho intramolecular Hbond substituents is 3. The molecule has 12 aromatic carbocycles. The third kappa shape index (κ3) is 24.8. The monoisotopic (exact) mass is 1570 g/mol. The maximum Gasteiger partial charge on any atom is 0.250 e. The minimum Gasteiger partial charge on any atom is -0.543 e. The summed E-state index contributed by atoms with van der Waals surface area (Å²) < 4.78 is 49.1. The number of rotatable bonds is 32. The Morgan fingerprint density at radius 1 is 0.272 bits per heavy atom. The van der Waals surface area contributed by atoms with Crippen molar-refractivity contribution in [2.24, 2.45) is 0 Å². The summed E-state index contributed by atoms with van der Waals surface area (Å²) in [6.45, 7) is 25.6. The largest absolute Gasteiger partial charge is 0.543 e. The lowest BCUT2D eigenvalue weighted by Crippen LogP contribution is -2.43. The maximum atomic E-state index is 10.7. The molecule has 0 saturated carbocycles. The van der Waals surface area contributed by atoms with E-state index in [-0.39, 0.29) is 55.6 Å². The van der Waals surface area contributed by atoms with Crippen molar-refractivity contribution in [3.8, 4) is 97.7 Å². The molecule has 0 saturated heterocycles. The molecule has 0 unspecified atom stereocenters. The number of phenols is 3. The molecule has 0 aromatic heterocycles. The highest BCUT2D eigenvalue weighted by atomic mass is 28.4. The predicted octanol–water partition coefficient (Wildman–Crippen LogP) is 24.2. The zero-order valence-corrected chi connectivity index (χ0v) is 67.2. The number of benzene rings is 12. The van der Waals surface area contributed by atoms with Crippen molar-refractivity contribution in [2.45, 2.75) is 99.6 Å². The van der Waals surface area contributed by atoms with Gasteiger partial charge >= 0.3 is 0 Å². The van der Waals surface area contributed by atoms with Crippen molar-refractivity contribution in [2.75, 3.05) is 70.4 Å². The van der Waals surface area contributed by atoms with Crippen LogP contribution in [-0.2, 0) is 0 Å². The van der Waals surface area contributed by atoms with Gasteiger partial charge < -0.3 is 93.0 Å². The van der Waals surface area contributed by atoms with Gasteiger partial charge in [0.2, 0.25) is 16.6 Å². The van der Waals surface area contributed by atoms with Crippen molar-refractivity contribution in [3.63, 3.8) is 0 Å². The number of aryl methyl sites for hydroxylation is 1. The molecule has 596 valence electrons. The molecule has 19 nitrogen and oxygen atoms in total. The first-order chi connectivity index (χ1) is 53.7. The van der Waals surface area contributed by atoms with Crippen LogP contribution in [0, 0.1) is 6.92 Å². The minimum absolute atomic E-state index is 0. The van der Waals surface area contributed by atoms with E-state index in [1.165, 1.54) is 5.56 Å². The van der Waals surface area contributed by atoms with E-state index >= 15 is 0 Å². The van der Waals surface area contributed by atoms with Gasteiger partial charge in [0.1, 0.15) is 111 Å². The van der Waals surface area contributed by atoms with E-state index in [0.29, 0.717) is 72.7 Å². The molecule has 0 bridgehead atoms. The van der Waals surface area contributed by atoms with Crippen LogP contribution in [0.15, 0.2) is 291 Å². The Labute approximate surface area is 674 Å². The number of hydrogen-bond donors (Lipinski definition) is 7. The molecule has 0 amide bonds. The summed E-state index contributed by atoms with van der Waals surface area (Å²) in [7, 11) is -3.90. The summed E-state index contributed by atoms with van der Waals surface area (Å²) in [5, 5.41) is 57.0. The van der Waals surface area contributed by atoms with E-state index in [1.807, 2.05) is 228 Å². The third-order valence-corrected chi connectivity index (χ3v) is 28.2. The molecular formula is C93H108N6O13Si2. The van der Waals surface area contributed by atoms with Gasteiger partial charge in [0.15, 0.2) is 0 Å². The van der Waals surface area contributed by atoms with E-state index in [1.54, 1.807) is 72.8 Å². The van der Waals surface area contributed by atoms with Crippen LogP contribution in [0.5, 0.6) is 97.7 Å². The summed E-state index contributed by atoms with van der Waals surface area (Å²) in [6, 6.07) is 89.4. The first-order valence-corrected chi connectivity index (χ1v) is 42.9. The number of anilines is 6. The lowest BCUT2D eigenvalue weighted by molar-refractivity contribution is 0.290. The highest BCUT2D eigenvalue weighted by molar-refractivity contribution is 6.75. The highest BCUT2D eigenvalue weighted by Crippen LogP contribution is 2.41. The molecule has 7 N–H and O–H groups in total. The number of aliphatic hydroxyl groups excluding tert-OH is 2.